The molecule has 0 spiro atoms. The van der Waals surface area contributed by atoms with Crippen molar-refractivity contribution in [1.29, 1.82) is 0 Å². The molecule has 0 N–H and O–H groups in total. The molecule has 34 heavy (non-hydrogen) atoms. The summed E-state index contributed by atoms with van der Waals surface area (Å²) in [6.45, 7) is 7.60. The van der Waals surface area contributed by atoms with E-state index in [1.165, 1.54) is 27.6 Å². The molecule has 1 nitrogen and oxygen atoms in total. The number of nitrogens with zero attached hydrogens (tertiary/aromatic N) is 1. The van der Waals surface area contributed by atoms with Gasteiger partial charge >= 0.3 is 0 Å². The van der Waals surface area contributed by atoms with Crippen LogP contribution in [-0.4, -0.2) is 24.0 Å². The Balaban J connectivity index is 0.00000103. The number of hydrogen-bond acceptors (Lipinski definition) is 1. The Morgan fingerprint density at radius 2 is 0.676 bits per heavy atom. The summed E-state index contributed by atoms with van der Waals surface area (Å²) in [5, 5.41) is 5.80. The third kappa shape index (κ3) is 7.89. The quantitative estimate of drug-likeness (QED) is 0.233. The van der Waals surface area contributed by atoms with Crippen molar-refractivity contribution in [3.8, 4) is 0 Å². The van der Waals surface area contributed by atoms with Crippen LogP contribution in [0, 0.1) is 0 Å². The van der Waals surface area contributed by atoms with Crippen molar-refractivity contribution in [2.75, 3.05) is 19.1 Å². The second kappa shape index (κ2) is 14.9. The van der Waals surface area contributed by atoms with E-state index in [9.17, 15) is 0 Å². The standard InChI is InChI=1S/C28H29NP2.C3H8/c1-2-29(23-30(25-15-7-3-8-16-25)26-17-9-4-10-18-26)24-31(27-19-11-5-12-20-27)28-21-13-6-14-22-28;1-3-2/h3-22H,2,23-24H2,1H3;3H2,1-2H3. The van der Waals surface area contributed by atoms with Crippen molar-refractivity contribution in [1.82, 2.24) is 4.90 Å². The fourth-order valence-corrected chi connectivity index (χ4v) is 8.64. The van der Waals surface area contributed by atoms with Gasteiger partial charge in [-0.25, -0.2) is 0 Å². The van der Waals surface area contributed by atoms with E-state index in [1.807, 2.05) is 0 Å². The minimum Gasteiger partial charge on any atom is -0.294 e. The molecule has 176 valence electrons. The smallest absolute Gasteiger partial charge is 0.0269 e. The lowest BCUT2D eigenvalue weighted by molar-refractivity contribution is 0.395. The van der Waals surface area contributed by atoms with Crippen molar-refractivity contribution < 1.29 is 0 Å². The molecular weight excluding hydrogens is 448 g/mol. The Labute approximate surface area is 209 Å². The molecule has 0 amide bonds. The van der Waals surface area contributed by atoms with Crippen molar-refractivity contribution in [3.63, 3.8) is 0 Å². The monoisotopic (exact) mass is 485 g/mol. The molecule has 0 aliphatic carbocycles. The molecule has 4 aromatic rings. The Kier molecular flexibility index (Phi) is 11.5. The molecule has 0 radical (unpaired) electrons. The first-order chi connectivity index (χ1) is 16.8. The van der Waals surface area contributed by atoms with Crippen molar-refractivity contribution >= 4 is 37.1 Å². The third-order valence-corrected chi connectivity index (χ3v) is 10.5. The summed E-state index contributed by atoms with van der Waals surface area (Å²) in [7, 11) is -0.856. The molecule has 0 saturated carbocycles. The summed E-state index contributed by atoms with van der Waals surface area (Å²) in [6.07, 6.45) is 3.41. The van der Waals surface area contributed by atoms with Gasteiger partial charge in [0.15, 0.2) is 0 Å². The number of rotatable bonds is 9. The van der Waals surface area contributed by atoms with Crippen molar-refractivity contribution in [3.05, 3.63) is 121 Å². The van der Waals surface area contributed by atoms with Crippen LogP contribution in [-0.2, 0) is 0 Å². The van der Waals surface area contributed by atoms with E-state index in [-0.39, 0.29) is 0 Å². The maximum Gasteiger partial charge on any atom is 0.0269 e. The minimum atomic E-state index is -0.428. The van der Waals surface area contributed by atoms with Gasteiger partial charge in [-0.15, -0.1) is 0 Å². The van der Waals surface area contributed by atoms with Gasteiger partial charge in [0, 0.05) is 12.6 Å². The Morgan fingerprint density at radius 3 is 0.882 bits per heavy atom. The molecule has 0 aromatic heterocycles. The summed E-state index contributed by atoms with van der Waals surface area (Å²) in [5.41, 5.74) is 0. The van der Waals surface area contributed by atoms with Gasteiger partial charge in [0.25, 0.3) is 0 Å². The van der Waals surface area contributed by atoms with Gasteiger partial charge in [-0.3, -0.25) is 4.90 Å². The highest BCUT2D eigenvalue weighted by Crippen LogP contribution is 2.39. The molecular formula is C31H37NP2. The summed E-state index contributed by atoms with van der Waals surface area (Å²) in [6, 6.07) is 44.2. The molecule has 0 bridgehead atoms. The van der Waals surface area contributed by atoms with Crippen LogP contribution in [0.15, 0.2) is 121 Å². The number of hydrogen-bond donors (Lipinski definition) is 0. The molecule has 0 aliphatic heterocycles. The predicted octanol–water partition coefficient (Wildman–Crippen LogP) is 6.91. The topological polar surface area (TPSA) is 3.24 Å². The summed E-state index contributed by atoms with van der Waals surface area (Å²) >= 11 is 0. The van der Waals surface area contributed by atoms with E-state index in [2.05, 4.69) is 147 Å². The van der Waals surface area contributed by atoms with Crippen molar-refractivity contribution in [2.24, 2.45) is 0 Å². The highest BCUT2D eigenvalue weighted by atomic mass is 31.1. The fourth-order valence-electron chi connectivity index (χ4n) is 3.70. The van der Waals surface area contributed by atoms with Crippen LogP contribution < -0.4 is 21.2 Å². The van der Waals surface area contributed by atoms with Crippen LogP contribution in [0.25, 0.3) is 0 Å². The van der Waals surface area contributed by atoms with Gasteiger partial charge in [-0.1, -0.05) is 149 Å². The SMILES string of the molecule is CCC.CCN(CP(c1ccccc1)c1ccccc1)CP(c1ccccc1)c1ccccc1. The van der Waals surface area contributed by atoms with Gasteiger partial charge in [-0.05, 0) is 43.6 Å². The second-order valence-electron chi connectivity index (χ2n) is 8.18. The molecule has 0 fully saturated rings. The first kappa shape index (κ1) is 26.3. The zero-order chi connectivity index (χ0) is 24.0. The average Bonchev–Trinajstić information content (AvgIpc) is 2.91. The largest absolute Gasteiger partial charge is 0.294 e. The minimum absolute atomic E-state index is 0.428. The third-order valence-electron chi connectivity index (χ3n) is 5.40. The first-order valence-electron chi connectivity index (χ1n) is 12.2. The van der Waals surface area contributed by atoms with E-state index in [4.69, 9.17) is 0 Å². The van der Waals surface area contributed by atoms with Crippen molar-refractivity contribution in [2.45, 2.75) is 27.2 Å². The molecule has 4 rings (SSSR count). The van der Waals surface area contributed by atoms with E-state index in [1.54, 1.807) is 0 Å². The zero-order valence-electron chi connectivity index (χ0n) is 20.7. The molecule has 4 aromatic carbocycles. The Hall–Kier alpha value is -2.30. The molecule has 0 heterocycles. The summed E-state index contributed by atoms with van der Waals surface area (Å²) < 4.78 is 0. The van der Waals surface area contributed by atoms with Crippen LogP contribution in [0.5, 0.6) is 0 Å². The van der Waals surface area contributed by atoms with E-state index < -0.39 is 15.8 Å². The van der Waals surface area contributed by atoms with Crippen LogP contribution in [0.1, 0.15) is 27.2 Å². The van der Waals surface area contributed by atoms with E-state index >= 15 is 0 Å². The highest BCUT2D eigenvalue weighted by molar-refractivity contribution is 7.73. The normalized spacial score (nSPS) is 10.9. The first-order valence-corrected chi connectivity index (χ1v) is 15.3. The predicted molar refractivity (Wildman–Crippen MR) is 156 cm³/mol. The van der Waals surface area contributed by atoms with Gasteiger partial charge in [0.1, 0.15) is 0 Å². The van der Waals surface area contributed by atoms with Gasteiger partial charge in [0.2, 0.25) is 0 Å². The average molecular weight is 486 g/mol. The second-order valence-corrected chi connectivity index (χ2v) is 12.5. The number of benzene rings is 4. The lowest BCUT2D eigenvalue weighted by Gasteiger charge is -2.31. The maximum atomic E-state index is 2.66. The van der Waals surface area contributed by atoms with Crippen LogP contribution in [0.2, 0.25) is 0 Å². The lowest BCUT2D eigenvalue weighted by Crippen LogP contribution is -2.32. The molecule has 0 saturated heterocycles. The van der Waals surface area contributed by atoms with Crippen LogP contribution in [0.4, 0.5) is 0 Å². The van der Waals surface area contributed by atoms with Gasteiger partial charge < -0.3 is 0 Å². The summed E-state index contributed by atoms with van der Waals surface area (Å²) in [5.74, 6) is 0. The molecule has 0 unspecified atom stereocenters. The maximum absolute atomic E-state index is 2.66. The van der Waals surface area contributed by atoms with Crippen LogP contribution in [0.3, 0.4) is 0 Å². The van der Waals surface area contributed by atoms with E-state index in [0.717, 1.165) is 19.1 Å². The fraction of sp³-hybridized carbons (Fsp3) is 0.226. The zero-order valence-corrected chi connectivity index (χ0v) is 22.5. The Morgan fingerprint density at radius 1 is 0.441 bits per heavy atom. The molecule has 0 atom stereocenters. The van der Waals surface area contributed by atoms with Crippen LogP contribution >= 0.6 is 15.8 Å². The highest BCUT2D eigenvalue weighted by Gasteiger charge is 2.21. The Bertz CT molecular complexity index is 876. The van der Waals surface area contributed by atoms with Gasteiger partial charge in [0.05, 0.1) is 0 Å². The molecule has 3 heteroatoms. The summed E-state index contributed by atoms with van der Waals surface area (Å²) in [4.78, 5) is 2.66. The van der Waals surface area contributed by atoms with Gasteiger partial charge in [-0.2, -0.15) is 0 Å². The molecule has 0 aliphatic rings. The lowest BCUT2D eigenvalue weighted by atomic mass is 10.4. The van der Waals surface area contributed by atoms with E-state index in [0.29, 0.717) is 0 Å².